The number of nitrogens with one attached hydrogen (secondary N) is 2. The maximum atomic E-state index is 12.0. The molecule has 0 saturated heterocycles. The van der Waals surface area contributed by atoms with E-state index in [4.69, 9.17) is 4.74 Å². The third-order valence-electron chi connectivity index (χ3n) is 4.13. The SMILES string of the molecule is CC(=O)NCCNC(=O)c1ccc(COc2ccc(C(C)(C)C)cc2)cc1. The van der Waals surface area contributed by atoms with Crippen molar-refractivity contribution in [3.05, 3.63) is 65.2 Å². The average Bonchev–Trinajstić information content (AvgIpc) is 2.63. The topological polar surface area (TPSA) is 67.4 Å². The number of ether oxygens (including phenoxy) is 1. The number of hydrogen-bond donors (Lipinski definition) is 2. The summed E-state index contributed by atoms with van der Waals surface area (Å²) in [5, 5.41) is 5.40. The van der Waals surface area contributed by atoms with Crippen molar-refractivity contribution in [1.29, 1.82) is 0 Å². The van der Waals surface area contributed by atoms with Crippen LogP contribution < -0.4 is 15.4 Å². The third-order valence-corrected chi connectivity index (χ3v) is 4.13. The van der Waals surface area contributed by atoms with Gasteiger partial charge in [0.25, 0.3) is 5.91 Å². The van der Waals surface area contributed by atoms with Crippen LogP contribution in [0.4, 0.5) is 0 Å². The average molecular weight is 368 g/mol. The second kappa shape index (κ2) is 9.21. The molecule has 0 saturated carbocycles. The third kappa shape index (κ3) is 6.77. The van der Waals surface area contributed by atoms with Gasteiger partial charge in [0.05, 0.1) is 0 Å². The van der Waals surface area contributed by atoms with Crippen molar-refractivity contribution in [2.24, 2.45) is 0 Å². The highest BCUT2D eigenvalue weighted by molar-refractivity contribution is 5.94. The normalized spacial score (nSPS) is 11.0. The van der Waals surface area contributed by atoms with E-state index < -0.39 is 0 Å². The maximum absolute atomic E-state index is 12.0. The molecule has 0 bridgehead atoms. The van der Waals surface area contributed by atoms with Crippen molar-refractivity contribution in [3.8, 4) is 5.75 Å². The zero-order valence-electron chi connectivity index (χ0n) is 16.5. The lowest BCUT2D eigenvalue weighted by Crippen LogP contribution is -2.33. The first-order valence-electron chi connectivity index (χ1n) is 9.10. The highest BCUT2D eigenvalue weighted by atomic mass is 16.5. The molecule has 2 N–H and O–H groups in total. The Hall–Kier alpha value is -2.82. The van der Waals surface area contributed by atoms with Gasteiger partial charge in [-0.2, -0.15) is 0 Å². The van der Waals surface area contributed by atoms with E-state index in [2.05, 4.69) is 43.5 Å². The Balaban J connectivity index is 1.83. The Morgan fingerprint density at radius 1 is 0.889 bits per heavy atom. The van der Waals surface area contributed by atoms with Gasteiger partial charge in [-0.1, -0.05) is 45.0 Å². The van der Waals surface area contributed by atoms with Gasteiger partial charge in [-0.15, -0.1) is 0 Å². The van der Waals surface area contributed by atoms with Crippen molar-refractivity contribution < 1.29 is 14.3 Å². The summed E-state index contributed by atoms with van der Waals surface area (Å²) in [7, 11) is 0. The van der Waals surface area contributed by atoms with Gasteiger partial charge in [0.2, 0.25) is 5.91 Å². The van der Waals surface area contributed by atoms with Crippen molar-refractivity contribution in [2.45, 2.75) is 39.7 Å². The Bertz CT molecular complexity index is 760. The van der Waals surface area contributed by atoms with E-state index in [1.54, 1.807) is 12.1 Å². The first-order chi connectivity index (χ1) is 12.8. The monoisotopic (exact) mass is 368 g/mol. The molecule has 0 aromatic heterocycles. The van der Waals surface area contributed by atoms with Crippen LogP contribution in [0.1, 0.15) is 49.2 Å². The molecule has 2 aromatic rings. The molecule has 0 heterocycles. The van der Waals surface area contributed by atoms with Crippen molar-refractivity contribution in [2.75, 3.05) is 13.1 Å². The number of carbonyl (C=O) groups is 2. The molecule has 0 atom stereocenters. The Morgan fingerprint density at radius 3 is 2.04 bits per heavy atom. The Kier molecular flexibility index (Phi) is 6.99. The van der Waals surface area contributed by atoms with Gasteiger partial charge in [-0.3, -0.25) is 9.59 Å². The summed E-state index contributed by atoms with van der Waals surface area (Å²) in [6, 6.07) is 15.4. The summed E-state index contributed by atoms with van der Waals surface area (Å²) in [6.45, 7) is 9.25. The van der Waals surface area contributed by atoms with E-state index in [9.17, 15) is 9.59 Å². The molecule has 2 aromatic carbocycles. The summed E-state index contributed by atoms with van der Waals surface area (Å²) < 4.78 is 5.82. The van der Waals surface area contributed by atoms with Crippen molar-refractivity contribution >= 4 is 11.8 Å². The number of benzene rings is 2. The van der Waals surface area contributed by atoms with Crippen LogP contribution in [0.2, 0.25) is 0 Å². The van der Waals surface area contributed by atoms with Crippen LogP contribution in [0.25, 0.3) is 0 Å². The predicted molar refractivity (Wildman–Crippen MR) is 107 cm³/mol. The fraction of sp³-hybridized carbons (Fsp3) is 0.364. The minimum absolute atomic E-state index is 0.110. The van der Waals surface area contributed by atoms with E-state index in [0.29, 0.717) is 25.3 Å². The number of hydrogen-bond acceptors (Lipinski definition) is 3. The summed E-state index contributed by atoms with van der Waals surface area (Å²) >= 11 is 0. The fourth-order valence-electron chi connectivity index (χ4n) is 2.49. The van der Waals surface area contributed by atoms with Gasteiger partial charge < -0.3 is 15.4 Å². The van der Waals surface area contributed by atoms with Gasteiger partial charge in [0.15, 0.2) is 0 Å². The fourth-order valence-corrected chi connectivity index (χ4v) is 2.49. The molecule has 0 radical (unpaired) electrons. The first-order valence-corrected chi connectivity index (χ1v) is 9.10. The van der Waals surface area contributed by atoms with E-state index in [-0.39, 0.29) is 17.2 Å². The zero-order valence-corrected chi connectivity index (χ0v) is 16.5. The van der Waals surface area contributed by atoms with Gasteiger partial charge in [0.1, 0.15) is 12.4 Å². The zero-order chi connectivity index (χ0) is 19.9. The minimum atomic E-state index is -0.161. The van der Waals surface area contributed by atoms with Crippen LogP contribution in [0, 0.1) is 0 Å². The summed E-state index contributed by atoms with van der Waals surface area (Å²) in [5.74, 6) is 0.551. The second-order valence-electron chi connectivity index (χ2n) is 7.50. The van der Waals surface area contributed by atoms with E-state index >= 15 is 0 Å². The smallest absolute Gasteiger partial charge is 0.251 e. The lowest BCUT2D eigenvalue weighted by Gasteiger charge is -2.19. The van der Waals surface area contributed by atoms with Crippen LogP contribution in [0.5, 0.6) is 5.75 Å². The Morgan fingerprint density at radius 2 is 1.48 bits per heavy atom. The van der Waals surface area contributed by atoms with Crippen molar-refractivity contribution in [3.63, 3.8) is 0 Å². The number of rotatable bonds is 7. The second-order valence-corrected chi connectivity index (χ2v) is 7.50. The lowest BCUT2D eigenvalue weighted by molar-refractivity contribution is -0.118. The predicted octanol–water partition coefficient (Wildman–Crippen LogP) is 3.43. The summed E-state index contributed by atoms with van der Waals surface area (Å²) in [5.41, 5.74) is 2.96. The standard InChI is InChI=1S/C22H28N2O3/c1-16(25)23-13-14-24-21(26)18-7-5-17(6-8-18)15-27-20-11-9-19(10-12-20)22(2,3)4/h5-12H,13-15H2,1-4H3,(H,23,25)(H,24,26). The van der Waals surface area contributed by atoms with Gasteiger partial charge in [-0.25, -0.2) is 0 Å². The van der Waals surface area contributed by atoms with Crippen LogP contribution in [-0.2, 0) is 16.8 Å². The van der Waals surface area contributed by atoms with Gasteiger partial charge >= 0.3 is 0 Å². The molecule has 0 aliphatic rings. The van der Waals surface area contributed by atoms with E-state index in [0.717, 1.165) is 11.3 Å². The molecule has 0 fully saturated rings. The first kappa shape index (κ1) is 20.5. The molecular weight excluding hydrogens is 340 g/mol. The molecule has 2 rings (SSSR count). The molecule has 0 aliphatic heterocycles. The molecule has 2 amide bonds. The van der Waals surface area contributed by atoms with Crippen LogP contribution in [0.15, 0.2) is 48.5 Å². The van der Waals surface area contributed by atoms with Gasteiger partial charge in [-0.05, 0) is 40.8 Å². The van der Waals surface area contributed by atoms with Gasteiger partial charge in [0, 0.05) is 25.6 Å². The molecule has 27 heavy (non-hydrogen) atoms. The van der Waals surface area contributed by atoms with E-state index in [1.807, 2.05) is 24.3 Å². The van der Waals surface area contributed by atoms with Crippen LogP contribution >= 0.6 is 0 Å². The lowest BCUT2D eigenvalue weighted by atomic mass is 9.87. The molecule has 5 nitrogen and oxygen atoms in total. The number of amides is 2. The molecule has 0 spiro atoms. The maximum Gasteiger partial charge on any atom is 0.251 e. The number of carbonyl (C=O) groups excluding carboxylic acids is 2. The highest BCUT2D eigenvalue weighted by Crippen LogP contribution is 2.24. The molecular formula is C22H28N2O3. The van der Waals surface area contributed by atoms with E-state index in [1.165, 1.54) is 12.5 Å². The quantitative estimate of drug-likeness (QED) is 0.736. The Labute approximate surface area is 161 Å². The summed E-state index contributed by atoms with van der Waals surface area (Å²) in [4.78, 5) is 22.8. The summed E-state index contributed by atoms with van der Waals surface area (Å²) in [6.07, 6.45) is 0. The molecule has 0 aliphatic carbocycles. The van der Waals surface area contributed by atoms with Crippen LogP contribution in [0.3, 0.4) is 0 Å². The van der Waals surface area contributed by atoms with Crippen molar-refractivity contribution in [1.82, 2.24) is 10.6 Å². The molecule has 144 valence electrons. The highest BCUT2D eigenvalue weighted by Gasteiger charge is 2.13. The molecule has 5 heteroatoms. The minimum Gasteiger partial charge on any atom is -0.489 e. The largest absolute Gasteiger partial charge is 0.489 e. The molecule has 0 unspecified atom stereocenters. The van der Waals surface area contributed by atoms with Crippen LogP contribution in [-0.4, -0.2) is 24.9 Å².